The molecule has 0 radical (unpaired) electrons. The van der Waals surface area contributed by atoms with Crippen molar-refractivity contribution in [3.63, 3.8) is 0 Å². The van der Waals surface area contributed by atoms with E-state index in [0.29, 0.717) is 6.04 Å². The van der Waals surface area contributed by atoms with Crippen LogP contribution in [0.15, 0.2) is 0 Å². The van der Waals surface area contributed by atoms with Gasteiger partial charge in [0, 0.05) is 32.8 Å². The van der Waals surface area contributed by atoms with Gasteiger partial charge in [0.2, 0.25) is 0 Å². The van der Waals surface area contributed by atoms with Crippen molar-refractivity contribution < 1.29 is 13.3 Å². The van der Waals surface area contributed by atoms with Gasteiger partial charge in [-0.3, -0.25) is 0 Å². The Hall–Kier alpha value is 0.387. The molecule has 1 atom stereocenters. The van der Waals surface area contributed by atoms with Gasteiger partial charge in [-0.2, -0.15) is 0 Å². The lowest BCUT2D eigenvalue weighted by Crippen LogP contribution is -2.44. The van der Waals surface area contributed by atoms with Gasteiger partial charge in [0.15, 0.2) is 0 Å². The molecule has 0 aliphatic heterocycles. The van der Waals surface area contributed by atoms with Gasteiger partial charge >= 0.3 is 8.80 Å². The Labute approximate surface area is 74.0 Å². The lowest BCUT2D eigenvalue weighted by molar-refractivity contribution is 0.123. The number of alkyl halides is 1. The maximum Gasteiger partial charge on any atom is 0.501 e. The van der Waals surface area contributed by atoms with Gasteiger partial charge in [-0.25, -0.2) is 0 Å². The molecule has 0 rings (SSSR count). The van der Waals surface area contributed by atoms with Crippen molar-refractivity contribution in [3.8, 4) is 0 Å². The van der Waals surface area contributed by atoms with Crippen LogP contribution < -0.4 is 0 Å². The average molecular weight is 199 g/mol. The van der Waals surface area contributed by atoms with Crippen LogP contribution in [0, 0.1) is 0 Å². The minimum Gasteiger partial charge on any atom is -0.377 e. The van der Waals surface area contributed by atoms with Crippen molar-refractivity contribution in [3.05, 3.63) is 0 Å². The molecule has 5 heteroatoms. The van der Waals surface area contributed by atoms with E-state index in [0.717, 1.165) is 0 Å². The molecule has 68 valence electrons. The number of rotatable bonds is 5. The van der Waals surface area contributed by atoms with Crippen LogP contribution in [-0.4, -0.2) is 35.5 Å². The molecule has 0 N–H and O–H groups in total. The highest BCUT2D eigenvalue weighted by Crippen LogP contribution is 2.17. The van der Waals surface area contributed by atoms with E-state index in [9.17, 15) is 0 Å². The molecular formula is C6H15ClO3Si. The van der Waals surface area contributed by atoms with E-state index in [1.165, 1.54) is 0 Å². The van der Waals surface area contributed by atoms with E-state index in [4.69, 9.17) is 24.9 Å². The zero-order valence-electron chi connectivity index (χ0n) is 7.39. The van der Waals surface area contributed by atoms with Gasteiger partial charge in [0.05, 0.1) is 0 Å². The fraction of sp³-hybridized carbons (Fsp3) is 1.00. The summed E-state index contributed by atoms with van der Waals surface area (Å²) in [5.41, 5.74) is 0. The van der Waals surface area contributed by atoms with E-state index >= 15 is 0 Å². The van der Waals surface area contributed by atoms with Crippen LogP contribution in [0.1, 0.15) is 6.92 Å². The fourth-order valence-electron chi connectivity index (χ4n) is 0.844. The first-order valence-electron chi connectivity index (χ1n) is 3.39. The van der Waals surface area contributed by atoms with E-state index < -0.39 is 8.80 Å². The van der Waals surface area contributed by atoms with Gasteiger partial charge in [-0.05, 0) is 6.92 Å². The summed E-state index contributed by atoms with van der Waals surface area (Å²) >= 11 is 5.79. The number of hydrogen-bond acceptors (Lipinski definition) is 3. The van der Waals surface area contributed by atoms with Crippen molar-refractivity contribution in [2.45, 2.75) is 18.3 Å². The number of halogens is 1. The first-order valence-corrected chi connectivity index (χ1v) is 5.76. The molecule has 0 saturated heterocycles. The van der Waals surface area contributed by atoms with Crippen LogP contribution in [0.4, 0.5) is 0 Å². The van der Waals surface area contributed by atoms with Crippen molar-refractivity contribution in [2.24, 2.45) is 0 Å². The number of hydrogen-bond donors (Lipinski definition) is 0. The van der Waals surface area contributed by atoms with Crippen LogP contribution >= 0.6 is 11.6 Å². The molecule has 0 aliphatic rings. The quantitative estimate of drug-likeness (QED) is 0.495. The van der Waals surface area contributed by atoms with Gasteiger partial charge in [0.25, 0.3) is 0 Å². The highest BCUT2D eigenvalue weighted by molar-refractivity contribution is 6.61. The highest BCUT2D eigenvalue weighted by atomic mass is 35.5. The Balaban J connectivity index is 4.05. The minimum absolute atomic E-state index is 0.0153. The monoisotopic (exact) mass is 198 g/mol. The maximum absolute atomic E-state index is 5.79. The SMILES string of the molecule is CO[Si](C[C@@H](C)Cl)(OC)OC. The fourth-order valence-corrected chi connectivity index (χ4v) is 3.10. The van der Waals surface area contributed by atoms with Crippen molar-refractivity contribution in [1.29, 1.82) is 0 Å². The standard InChI is InChI=1S/C6H15ClO3Si/c1-6(7)5-11(8-2,9-3)10-4/h6H,5H2,1-4H3/t6-/m1/s1. The topological polar surface area (TPSA) is 27.7 Å². The summed E-state index contributed by atoms with van der Waals surface area (Å²) in [5, 5.41) is 0.0153. The molecule has 0 saturated carbocycles. The Morgan fingerprint density at radius 1 is 1.18 bits per heavy atom. The molecule has 0 unspecified atom stereocenters. The lowest BCUT2D eigenvalue weighted by Gasteiger charge is -2.24. The van der Waals surface area contributed by atoms with Crippen LogP contribution in [0.2, 0.25) is 6.04 Å². The summed E-state index contributed by atoms with van der Waals surface area (Å²) in [6, 6.07) is 0.637. The molecular weight excluding hydrogens is 184 g/mol. The molecule has 11 heavy (non-hydrogen) atoms. The molecule has 0 aromatic carbocycles. The van der Waals surface area contributed by atoms with Crippen molar-refractivity contribution in [2.75, 3.05) is 21.3 Å². The Morgan fingerprint density at radius 3 is 1.64 bits per heavy atom. The molecule has 0 aromatic rings. The van der Waals surface area contributed by atoms with Gasteiger partial charge < -0.3 is 13.3 Å². The second kappa shape index (κ2) is 5.11. The molecule has 0 aliphatic carbocycles. The normalized spacial score (nSPS) is 15.0. The maximum atomic E-state index is 5.79. The minimum atomic E-state index is -2.41. The second-order valence-corrected chi connectivity index (χ2v) is 6.02. The van der Waals surface area contributed by atoms with Crippen LogP contribution in [0.3, 0.4) is 0 Å². The second-order valence-electron chi connectivity index (χ2n) is 2.28. The Morgan fingerprint density at radius 2 is 1.55 bits per heavy atom. The Bertz CT molecular complexity index is 97.7. The summed E-state index contributed by atoms with van der Waals surface area (Å²) in [6.45, 7) is 1.89. The van der Waals surface area contributed by atoms with Crippen LogP contribution in [0.25, 0.3) is 0 Å². The summed E-state index contributed by atoms with van der Waals surface area (Å²) in [7, 11) is 2.33. The predicted molar refractivity (Wildman–Crippen MR) is 46.9 cm³/mol. The summed E-state index contributed by atoms with van der Waals surface area (Å²) in [5.74, 6) is 0. The first kappa shape index (κ1) is 11.4. The van der Waals surface area contributed by atoms with Gasteiger partial charge in [-0.1, -0.05) is 0 Å². The zero-order valence-corrected chi connectivity index (χ0v) is 9.14. The summed E-state index contributed by atoms with van der Waals surface area (Å²) in [6.07, 6.45) is 0. The van der Waals surface area contributed by atoms with Gasteiger partial charge in [-0.15, -0.1) is 11.6 Å². The van der Waals surface area contributed by atoms with E-state index in [1.807, 2.05) is 6.92 Å². The Kier molecular flexibility index (Phi) is 5.29. The van der Waals surface area contributed by atoms with Crippen molar-refractivity contribution >= 4 is 20.4 Å². The molecule has 0 spiro atoms. The highest BCUT2D eigenvalue weighted by Gasteiger charge is 2.38. The van der Waals surface area contributed by atoms with E-state index in [2.05, 4.69) is 0 Å². The molecule has 0 heterocycles. The van der Waals surface area contributed by atoms with Crippen molar-refractivity contribution in [1.82, 2.24) is 0 Å². The smallest absolute Gasteiger partial charge is 0.377 e. The molecule has 0 bridgehead atoms. The third-order valence-corrected chi connectivity index (χ3v) is 4.86. The average Bonchev–Trinajstić information content (AvgIpc) is 2.00. The molecule has 0 aromatic heterocycles. The summed E-state index contributed by atoms with van der Waals surface area (Å²) in [4.78, 5) is 0. The zero-order chi connectivity index (χ0) is 8.91. The summed E-state index contributed by atoms with van der Waals surface area (Å²) < 4.78 is 15.5. The van der Waals surface area contributed by atoms with Crippen LogP contribution in [0.5, 0.6) is 0 Å². The molecule has 3 nitrogen and oxygen atoms in total. The van der Waals surface area contributed by atoms with Crippen LogP contribution in [-0.2, 0) is 13.3 Å². The van der Waals surface area contributed by atoms with E-state index in [1.54, 1.807) is 21.3 Å². The molecule has 0 amide bonds. The predicted octanol–water partition coefficient (Wildman–Crippen LogP) is 1.49. The first-order chi connectivity index (χ1) is 5.10. The van der Waals surface area contributed by atoms with E-state index in [-0.39, 0.29) is 5.38 Å². The largest absolute Gasteiger partial charge is 0.501 e. The third kappa shape index (κ3) is 3.53. The third-order valence-electron chi connectivity index (χ3n) is 1.46. The van der Waals surface area contributed by atoms with Gasteiger partial charge in [0.1, 0.15) is 0 Å². The lowest BCUT2D eigenvalue weighted by atomic mass is 10.6. The molecule has 0 fully saturated rings.